The number of carboxylic acids is 1. The fraction of sp³-hybridized carbons (Fsp3) is 0.562. The van der Waals surface area contributed by atoms with Crippen LogP contribution in [0, 0.1) is 11.7 Å². The summed E-state index contributed by atoms with van der Waals surface area (Å²) in [6, 6.07) is 6.21. The van der Waals surface area contributed by atoms with Crippen molar-refractivity contribution in [2.75, 3.05) is 24.5 Å². The lowest BCUT2D eigenvalue weighted by molar-refractivity contribution is -0.145. The number of aliphatic carboxylic acids is 1. The summed E-state index contributed by atoms with van der Waals surface area (Å²) in [5.41, 5.74) is -0.0674. The van der Waals surface area contributed by atoms with E-state index in [0.29, 0.717) is 19.6 Å². The minimum atomic E-state index is -0.918. The van der Waals surface area contributed by atoms with E-state index in [0.717, 1.165) is 18.5 Å². The Morgan fingerprint density at radius 3 is 2.43 bits per heavy atom. The van der Waals surface area contributed by atoms with Gasteiger partial charge in [-0.3, -0.25) is 4.79 Å². The van der Waals surface area contributed by atoms with Crippen LogP contribution in [0.5, 0.6) is 0 Å². The van der Waals surface area contributed by atoms with Gasteiger partial charge >= 0.3 is 5.97 Å². The zero-order chi connectivity index (χ0) is 15.5. The summed E-state index contributed by atoms with van der Waals surface area (Å²) in [5.74, 6) is -0.912. The molecular weight excluding hydrogens is 271 g/mol. The van der Waals surface area contributed by atoms with Crippen LogP contribution in [0.2, 0.25) is 0 Å². The predicted octanol–water partition coefficient (Wildman–Crippen LogP) is 2.49. The summed E-state index contributed by atoms with van der Waals surface area (Å²) in [4.78, 5) is 13.9. The Labute approximate surface area is 125 Å². The highest BCUT2D eigenvalue weighted by Crippen LogP contribution is 2.41. The third-order valence-corrected chi connectivity index (χ3v) is 4.16. The maximum atomic E-state index is 13.1. The number of nitrogens with one attached hydrogen (secondary N) is 1. The van der Waals surface area contributed by atoms with Crippen molar-refractivity contribution in [3.05, 3.63) is 30.1 Å². The molecule has 4 nitrogen and oxygen atoms in total. The molecule has 1 fully saturated rings. The molecule has 21 heavy (non-hydrogen) atoms. The minimum absolute atomic E-state index is 0.171. The number of nitrogens with zero attached hydrogens (tertiary/aromatic N) is 1. The van der Waals surface area contributed by atoms with Crippen LogP contribution in [0.25, 0.3) is 0 Å². The molecule has 0 saturated heterocycles. The van der Waals surface area contributed by atoms with Gasteiger partial charge in [-0.2, -0.15) is 0 Å². The number of likely N-dealkylation sites (N-methyl/N-ethyl adjacent to an activating group) is 2. The van der Waals surface area contributed by atoms with Crippen LogP contribution in [0.4, 0.5) is 10.1 Å². The number of halogens is 1. The van der Waals surface area contributed by atoms with Crippen molar-refractivity contribution in [3.8, 4) is 0 Å². The Morgan fingerprint density at radius 1 is 1.38 bits per heavy atom. The molecule has 0 amide bonds. The number of anilines is 1. The molecule has 1 unspecified atom stereocenters. The first-order valence-corrected chi connectivity index (χ1v) is 7.52. The summed E-state index contributed by atoms with van der Waals surface area (Å²) in [6.07, 6.45) is 1.89. The van der Waals surface area contributed by atoms with Gasteiger partial charge in [0, 0.05) is 18.8 Å². The second kappa shape index (κ2) is 6.43. The Kier molecular flexibility index (Phi) is 4.83. The van der Waals surface area contributed by atoms with E-state index >= 15 is 0 Å². The number of hydrogen-bond acceptors (Lipinski definition) is 3. The van der Waals surface area contributed by atoms with Crippen LogP contribution in [0.15, 0.2) is 24.3 Å². The van der Waals surface area contributed by atoms with Gasteiger partial charge in [-0.25, -0.2) is 4.39 Å². The van der Waals surface area contributed by atoms with Gasteiger partial charge in [-0.1, -0.05) is 6.92 Å². The molecule has 116 valence electrons. The molecule has 2 N–H and O–H groups in total. The maximum Gasteiger partial charge on any atom is 0.326 e. The molecule has 0 heterocycles. The highest BCUT2D eigenvalue weighted by molar-refractivity contribution is 5.81. The second-order valence-electron chi connectivity index (χ2n) is 5.57. The third-order valence-electron chi connectivity index (χ3n) is 4.16. The van der Waals surface area contributed by atoms with Gasteiger partial charge in [-0.15, -0.1) is 0 Å². The lowest BCUT2D eigenvalue weighted by Crippen LogP contribution is -2.61. The van der Waals surface area contributed by atoms with E-state index < -0.39 is 11.5 Å². The van der Waals surface area contributed by atoms with Gasteiger partial charge in [0.05, 0.1) is 0 Å². The summed E-state index contributed by atoms with van der Waals surface area (Å²) >= 11 is 0. The number of carboxylic acid groups (broad SMARTS) is 1. The largest absolute Gasteiger partial charge is 0.480 e. The van der Waals surface area contributed by atoms with Crippen molar-refractivity contribution in [1.29, 1.82) is 0 Å². The summed E-state index contributed by atoms with van der Waals surface area (Å²) < 4.78 is 13.1. The van der Waals surface area contributed by atoms with Gasteiger partial charge in [0.1, 0.15) is 11.4 Å². The SMILES string of the molecule is CCNC(CN(CC)c1ccc(F)cc1)(C(=O)O)C1CC1. The molecule has 1 aliphatic carbocycles. The van der Waals surface area contributed by atoms with Crippen LogP contribution < -0.4 is 10.2 Å². The topological polar surface area (TPSA) is 52.6 Å². The number of hydrogen-bond donors (Lipinski definition) is 2. The molecule has 0 spiro atoms. The van der Waals surface area contributed by atoms with Crippen LogP contribution in [-0.2, 0) is 4.79 Å². The van der Waals surface area contributed by atoms with E-state index in [2.05, 4.69) is 5.32 Å². The molecule has 1 aromatic carbocycles. The first-order valence-electron chi connectivity index (χ1n) is 7.52. The number of benzene rings is 1. The van der Waals surface area contributed by atoms with Crippen molar-refractivity contribution in [2.45, 2.75) is 32.2 Å². The maximum absolute atomic E-state index is 13.1. The molecule has 5 heteroatoms. The zero-order valence-electron chi connectivity index (χ0n) is 12.6. The lowest BCUT2D eigenvalue weighted by atomic mass is 9.92. The monoisotopic (exact) mass is 294 g/mol. The van der Waals surface area contributed by atoms with Crippen molar-refractivity contribution in [2.24, 2.45) is 5.92 Å². The summed E-state index contributed by atoms with van der Waals surface area (Å²) in [6.45, 7) is 5.59. The average Bonchev–Trinajstić information content (AvgIpc) is 3.29. The quantitative estimate of drug-likeness (QED) is 0.773. The first kappa shape index (κ1) is 15.8. The third kappa shape index (κ3) is 3.35. The van der Waals surface area contributed by atoms with Crippen LogP contribution in [0.1, 0.15) is 26.7 Å². The average molecular weight is 294 g/mol. The van der Waals surface area contributed by atoms with Gasteiger partial charge in [0.15, 0.2) is 0 Å². The summed E-state index contributed by atoms with van der Waals surface area (Å²) in [5, 5.41) is 12.9. The van der Waals surface area contributed by atoms with Crippen LogP contribution in [-0.4, -0.2) is 36.2 Å². The smallest absolute Gasteiger partial charge is 0.326 e. The van der Waals surface area contributed by atoms with Crippen LogP contribution >= 0.6 is 0 Å². The molecule has 0 radical (unpaired) electrons. The Morgan fingerprint density at radius 2 is 2.00 bits per heavy atom. The van der Waals surface area contributed by atoms with E-state index in [1.165, 1.54) is 12.1 Å². The zero-order valence-corrected chi connectivity index (χ0v) is 12.6. The van der Waals surface area contributed by atoms with E-state index in [1.54, 1.807) is 12.1 Å². The Balaban J connectivity index is 2.24. The molecule has 0 aromatic heterocycles. The highest BCUT2D eigenvalue weighted by Gasteiger charge is 2.51. The van der Waals surface area contributed by atoms with Gasteiger partial charge in [-0.05, 0) is 56.5 Å². The molecule has 2 rings (SSSR count). The number of carbonyl (C=O) groups is 1. The predicted molar refractivity (Wildman–Crippen MR) is 81.1 cm³/mol. The minimum Gasteiger partial charge on any atom is -0.480 e. The van der Waals surface area contributed by atoms with Gasteiger partial charge in [0.25, 0.3) is 0 Å². The Hall–Kier alpha value is -1.62. The molecule has 1 saturated carbocycles. The van der Waals surface area contributed by atoms with E-state index in [-0.39, 0.29) is 11.7 Å². The van der Waals surface area contributed by atoms with E-state index in [4.69, 9.17) is 0 Å². The van der Waals surface area contributed by atoms with Crippen molar-refractivity contribution < 1.29 is 14.3 Å². The standard InChI is InChI=1S/C16H23FN2O2/c1-3-18-16(15(20)21,12-5-6-12)11-19(4-2)14-9-7-13(17)8-10-14/h7-10,12,18H,3-6,11H2,1-2H3,(H,20,21). The number of rotatable bonds is 8. The highest BCUT2D eigenvalue weighted by atomic mass is 19.1. The molecule has 1 aromatic rings. The van der Waals surface area contributed by atoms with E-state index in [1.807, 2.05) is 18.7 Å². The van der Waals surface area contributed by atoms with Crippen molar-refractivity contribution >= 4 is 11.7 Å². The molecule has 1 atom stereocenters. The normalized spacial score (nSPS) is 17.3. The first-order chi connectivity index (χ1) is 10.0. The van der Waals surface area contributed by atoms with Gasteiger partial charge in [0.2, 0.25) is 0 Å². The van der Waals surface area contributed by atoms with Gasteiger partial charge < -0.3 is 15.3 Å². The van der Waals surface area contributed by atoms with Crippen molar-refractivity contribution in [1.82, 2.24) is 5.32 Å². The fourth-order valence-corrected chi connectivity index (χ4v) is 2.88. The van der Waals surface area contributed by atoms with E-state index in [9.17, 15) is 14.3 Å². The van der Waals surface area contributed by atoms with Crippen molar-refractivity contribution in [3.63, 3.8) is 0 Å². The molecule has 0 aliphatic heterocycles. The second-order valence-corrected chi connectivity index (χ2v) is 5.57. The molecule has 0 bridgehead atoms. The molecular formula is C16H23FN2O2. The fourth-order valence-electron chi connectivity index (χ4n) is 2.88. The summed E-state index contributed by atoms with van der Waals surface area (Å²) in [7, 11) is 0. The van der Waals surface area contributed by atoms with Crippen LogP contribution in [0.3, 0.4) is 0 Å². The Bertz CT molecular complexity index is 488. The lowest BCUT2D eigenvalue weighted by Gasteiger charge is -2.36. The molecule has 1 aliphatic rings.